The third kappa shape index (κ3) is 4.17. The molecule has 0 bridgehead atoms. The Kier molecular flexibility index (Phi) is 5.62. The Morgan fingerprint density at radius 3 is 2.90 bits per heavy atom. The summed E-state index contributed by atoms with van der Waals surface area (Å²) >= 11 is 5.93. The normalized spacial score (nSPS) is 22.1. The second kappa shape index (κ2) is 7.07. The number of hydrogen-bond acceptors (Lipinski definition) is 3. The quantitative estimate of drug-likeness (QED) is 0.867. The molecule has 1 aliphatic rings. The fraction of sp³-hybridized carbons (Fsp3) is 0.571. The Morgan fingerprint density at radius 1 is 1.48 bits per heavy atom. The summed E-state index contributed by atoms with van der Waals surface area (Å²) in [4.78, 5) is 0. The molecular weight excluding hydrogens is 312 g/mol. The zero-order chi connectivity index (χ0) is 15.5. The van der Waals surface area contributed by atoms with Crippen molar-refractivity contribution in [1.29, 1.82) is 0 Å². The molecule has 7 heteroatoms. The number of aliphatic hydroxyl groups is 1. The molecule has 0 spiro atoms. The Balaban J connectivity index is 2.12. The van der Waals surface area contributed by atoms with Crippen LogP contribution in [0.5, 0.6) is 0 Å². The minimum absolute atomic E-state index is 0.146. The van der Waals surface area contributed by atoms with Gasteiger partial charge >= 0.3 is 0 Å². The molecule has 2 unspecified atom stereocenters. The first-order valence-electron chi connectivity index (χ1n) is 7.09. The van der Waals surface area contributed by atoms with Gasteiger partial charge in [0.25, 0.3) is 10.2 Å². The first-order valence-corrected chi connectivity index (χ1v) is 8.91. The Labute approximate surface area is 131 Å². The summed E-state index contributed by atoms with van der Waals surface area (Å²) in [6, 6.07) is 6.41. The lowest BCUT2D eigenvalue weighted by molar-refractivity contribution is 0.153. The highest BCUT2D eigenvalue weighted by Crippen LogP contribution is 2.22. The van der Waals surface area contributed by atoms with E-state index in [1.165, 1.54) is 4.31 Å². The standard InChI is InChI=1S/C14H21ClN2O3S/c1-11(12-5-4-6-13(15)9-12)16-21(19,20)17-8-3-2-7-14(17)10-18/h4-6,9,11,14,16,18H,2-3,7-8,10H2,1H3. The molecule has 1 fully saturated rings. The molecule has 21 heavy (non-hydrogen) atoms. The number of piperidine rings is 1. The second-order valence-electron chi connectivity index (χ2n) is 5.34. The highest BCUT2D eigenvalue weighted by molar-refractivity contribution is 7.87. The van der Waals surface area contributed by atoms with Gasteiger partial charge < -0.3 is 5.11 Å². The number of halogens is 1. The maximum absolute atomic E-state index is 12.5. The van der Waals surface area contributed by atoms with Gasteiger partial charge in [-0.1, -0.05) is 30.2 Å². The van der Waals surface area contributed by atoms with E-state index in [2.05, 4.69) is 4.72 Å². The van der Waals surface area contributed by atoms with Crippen LogP contribution in [0.2, 0.25) is 5.02 Å². The van der Waals surface area contributed by atoms with Crippen molar-refractivity contribution in [2.75, 3.05) is 13.2 Å². The van der Waals surface area contributed by atoms with Gasteiger partial charge in [-0.15, -0.1) is 0 Å². The second-order valence-corrected chi connectivity index (χ2v) is 7.43. The van der Waals surface area contributed by atoms with Crippen molar-refractivity contribution in [3.8, 4) is 0 Å². The summed E-state index contributed by atoms with van der Waals surface area (Å²) in [7, 11) is -3.62. The van der Waals surface area contributed by atoms with E-state index in [0.29, 0.717) is 18.0 Å². The predicted octanol–water partition coefficient (Wildman–Crippen LogP) is 2.08. The van der Waals surface area contributed by atoms with Gasteiger partial charge in [0.05, 0.1) is 6.61 Å². The summed E-state index contributed by atoms with van der Waals surface area (Å²) in [6.07, 6.45) is 2.47. The van der Waals surface area contributed by atoms with Crippen molar-refractivity contribution in [3.63, 3.8) is 0 Å². The zero-order valence-electron chi connectivity index (χ0n) is 12.0. The third-order valence-corrected chi connectivity index (χ3v) is 5.75. The molecule has 0 aliphatic carbocycles. The predicted molar refractivity (Wildman–Crippen MR) is 83.4 cm³/mol. The molecule has 1 heterocycles. The number of nitrogens with zero attached hydrogens (tertiary/aromatic N) is 1. The number of nitrogens with one attached hydrogen (secondary N) is 1. The topological polar surface area (TPSA) is 69.6 Å². The van der Waals surface area contributed by atoms with Crippen LogP contribution in [0.15, 0.2) is 24.3 Å². The molecule has 2 atom stereocenters. The van der Waals surface area contributed by atoms with Gasteiger partial charge in [0.1, 0.15) is 0 Å². The maximum atomic E-state index is 12.5. The summed E-state index contributed by atoms with van der Waals surface area (Å²) in [5, 5.41) is 9.93. The van der Waals surface area contributed by atoms with E-state index in [1.54, 1.807) is 25.1 Å². The van der Waals surface area contributed by atoms with Crippen molar-refractivity contribution >= 4 is 21.8 Å². The highest BCUT2D eigenvalue weighted by atomic mass is 35.5. The molecule has 5 nitrogen and oxygen atoms in total. The summed E-state index contributed by atoms with van der Waals surface area (Å²) in [6.45, 7) is 2.08. The maximum Gasteiger partial charge on any atom is 0.280 e. The smallest absolute Gasteiger partial charge is 0.280 e. The zero-order valence-corrected chi connectivity index (χ0v) is 13.6. The first-order chi connectivity index (χ1) is 9.94. The Bertz CT molecular complexity index is 579. The van der Waals surface area contributed by atoms with E-state index in [-0.39, 0.29) is 18.7 Å². The van der Waals surface area contributed by atoms with Crippen LogP contribution in [0.25, 0.3) is 0 Å². The van der Waals surface area contributed by atoms with Gasteiger partial charge in [0.15, 0.2) is 0 Å². The fourth-order valence-corrected chi connectivity index (χ4v) is 4.46. The Morgan fingerprint density at radius 2 is 2.24 bits per heavy atom. The minimum Gasteiger partial charge on any atom is -0.395 e. The van der Waals surface area contributed by atoms with E-state index in [0.717, 1.165) is 18.4 Å². The molecule has 1 saturated heterocycles. The summed E-state index contributed by atoms with van der Waals surface area (Å²) < 4.78 is 29.0. The van der Waals surface area contributed by atoms with E-state index < -0.39 is 10.2 Å². The van der Waals surface area contributed by atoms with Crippen molar-refractivity contribution < 1.29 is 13.5 Å². The molecule has 0 radical (unpaired) electrons. The van der Waals surface area contributed by atoms with E-state index >= 15 is 0 Å². The van der Waals surface area contributed by atoms with E-state index in [9.17, 15) is 13.5 Å². The molecule has 118 valence electrons. The van der Waals surface area contributed by atoms with Crippen LogP contribution in [0.1, 0.15) is 37.8 Å². The molecule has 1 aromatic rings. The lowest BCUT2D eigenvalue weighted by Gasteiger charge is -2.34. The monoisotopic (exact) mass is 332 g/mol. The number of rotatable bonds is 5. The van der Waals surface area contributed by atoms with Gasteiger partial charge in [-0.3, -0.25) is 0 Å². The number of aliphatic hydroxyl groups excluding tert-OH is 1. The van der Waals surface area contributed by atoms with Gasteiger partial charge in [-0.2, -0.15) is 17.4 Å². The van der Waals surface area contributed by atoms with Crippen LogP contribution >= 0.6 is 11.6 Å². The molecule has 0 saturated carbocycles. The molecule has 0 aromatic heterocycles. The number of benzene rings is 1. The van der Waals surface area contributed by atoms with Crippen molar-refractivity contribution in [2.45, 2.75) is 38.3 Å². The molecule has 2 rings (SSSR count). The fourth-order valence-electron chi connectivity index (χ4n) is 2.61. The van der Waals surface area contributed by atoms with E-state index in [4.69, 9.17) is 11.6 Å². The van der Waals surface area contributed by atoms with Gasteiger partial charge in [-0.05, 0) is 37.5 Å². The van der Waals surface area contributed by atoms with Crippen LogP contribution in [0.4, 0.5) is 0 Å². The Hall–Kier alpha value is -0.660. The van der Waals surface area contributed by atoms with Crippen LogP contribution in [0.3, 0.4) is 0 Å². The van der Waals surface area contributed by atoms with Crippen LogP contribution in [0, 0.1) is 0 Å². The summed E-state index contributed by atoms with van der Waals surface area (Å²) in [5.41, 5.74) is 0.809. The van der Waals surface area contributed by atoms with Crippen molar-refractivity contribution in [3.05, 3.63) is 34.9 Å². The van der Waals surface area contributed by atoms with E-state index in [1.807, 2.05) is 6.07 Å². The van der Waals surface area contributed by atoms with Crippen LogP contribution in [-0.4, -0.2) is 37.0 Å². The van der Waals surface area contributed by atoms with Crippen LogP contribution < -0.4 is 4.72 Å². The minimum atomic E-state index is -3.62. The third-order valence-electron chi connectivity index (χ3n) is 3.77. The summed E-state index contributed by atoms with van der Waals surface area (Å²) in [5.74, 6) is 0. The van der Waals surface area contributed by atoms with Gasteiger partial charge in [0.2, 0.25) is 0 Å². The van der Waals surface area contributed by atoms with Crippen LogP contribution in [-0.2, 0) is 10.2 Å². The van der Waals surface area contributed by atoms with Gasteiger partial charge in [-0.25, -0.2) is 0 Å². The molecular formula is C14H21ClN2O3S. The lowest BCUT2D eigenvalue weighted by Crippen LogP contribution is -2.50. The van der Waals surface area contributed by atoms with Crippen molar-refractivity contribution in [1.82, 2.24) is 9.03 Å². The lowest BCUT2D eigenvalue weighted by atomic mass is 10.1. The molecule has 1 aromatic carbocycles. The first kappa shape index (κ1) is 16.7. The molecule has 2 N–H and O–H groups in total. The average molecular weight is 333 g/mol. The number of hydrogen-bond donors (Lipinski definition) is 2. The highest BCUT2D eigenvalue weighted by Gasteiger charge is 2.32. The SMILES string of the molecule is CC(NS(=O)(=O)N1CCCCC1CO)c1cccc(Cl)c1. The van der Waals surface area contributed by atoms with Crippen molar-refractivity contribution in [2.24, 2.45) is 0 Å². The molecule has 0 amide bonds. The molecule has 1 aliphatic heterocycles. The average Bonchev–Trinajstić information content (AvgIpc) is 2.46. The largest absolute Gasteiger partial charge is 0.395 e. The van der Waals surface area contributed by atoms with Gasteiger partial charge in [0, 0.05) is 23.7 Å².